The lowest BCUT2D eigenvalue weighted by atomic mass is 10.0. The number of carbonyl (C=O) groups is 2. The summed E-state index contributed by atoms with van der Waals surface area (Å²) in [7, 11) is 1.20. The molecular formula is C12H15NO6. The number of nitrogens with zero attached hydrogens (tertiary/aromatic N) is 1. The van der Waals surface area contributed by atoms with Gasteiger partial charge in [-0.2, -0.15) is 0 Å². The van der Waals surface area contributed by atoms with Gasteiger partial charge in [0.2, 0.25) is 0 Å². The topological polar surface area (TPSA) is 106 Å². The smallest absolute Gasteiger partial charge is 0.356 e. The highest BCUT2D eigenvalue weighted by molar-refractivity contribution is 5.87. The van der Waals surface area contributed by atoms with Crippen LogP contribution >= 0.6 is 0 Å². The molecule has 1 aromatic heterocycles. The van der Waals surface area contributed by atoms with E-state index in [2.05, 4.69) is 14.5 Å². The number of ether oxygens (including phenoxy) is 2. The molecule has 1 rings (SSSR count). The summed E-state index contributed by atoms with van der Waals surface area (Å²) >= 11 is 0. The Hall–Kier alpha value is -1.99. The lowest BCUT2D eigenvalue weighted by Crippen LogP contribution is -2.30. The fourth-order valence-corrected chi connectivity index (χ4v) is 1.39. The summed E-state index contributed by atoms with van der Waals surface area (Å²) in [4.78, 5) is 26.3. The summed E-state index contributed by atoms with van der Waals surface area (Å²) in [5.41, 5.74) is 0.131. The quantitative estimate of drug-likeness (QED) is 0.714. The molecular weight excluding hydrogens is 254 g/mol. The Morgan fingerprint density at radius 3 is 2.68 bits per heavy atom. The van der Waals surface area contributed by atoms with Crippen molar-refractivity contribution < 1.29 is 29.3 Å². The molecule has 2 unspecified atom stereocenters. The van der Waals surface area contributed by atoms with Crippen molar-refractivity contribution in [3.63, 3.8) is 0 Å². The number of rotatable bonds is 5. The van der Waals surface area contributed by atoms with Crippen LogP contribution in [0.3, 0.4) is 0 Å². The van der Waals surface area contributed by atoms with Gasteiger partial charge in [-0.1, -0.05) is 0 Å². The number of aliphatic hydroxyl groups is 2. The summed E-state index contributed by atoms with van der Waals surface area (Å²) < 4.78 is 9.07. The van der Waals surface area contributed by atoms with Gasteiger partial charge in [-0.3, -0.25) is 0 Å². The Morgan fingerprint density at radius 1 is 1.42 bits per heavy atom. The third kappa shape index (κ3) is 3.73. The standard InChI is InChI=1S/C12H15NO6/c1-3-19-12(17)10(15)9(14)7-4-5-13-8(6-7)11(16)18-2/h4-6,9-10,14-15H,3H2,1-2H3. The molecule has 1 aromatic rings. The largest absolute Gasteiger partial charge is 0.464 e. The molecule has 7 heteroatoms. The molecule has 0 spiro atoms. The average molecular weight is 269 g/mol. The van der Waals surface area contributed by atoms with E-state index in [0.717, 1.165) is 0 Å². The van der Waals surface area contributed by atoms with Crippen molar-refractivity contribution in [2.24, 2.45) is 0 Å². The number of hydrogen-bond acceptors (Lipinski definition) is 7. The number of esters is 2. The number of hydrogen-bond donors (Lipinski definition) is 2. The third-order valence-corrected chi connectivity index (χ3v) is 2.35. The van der Waals surface area contributed by atoms with E-state index in [-0.39, 0.29) is 17.9 Å². The first-order chi connectivity index (χ1) is 9.01. The lowest BCUT2D eigenvalue weighted by molar-refractivity contribution is -0.159. The minimum Gasteiger partial charge on any atom is -0.464 e. The predicted molar refractivity (Wildman–Crippen MR) is 63.2 cm³/mol. The highest BCUT2D eigenvalue weighted by Gasteiger charge is 2.27. The van der Waals surface area contributed by atoms with E-state index in [0.29, 0.717) is 0 Å². The SMILES string of the molecule is CCOC(=O)C(O)C(O)c1ccnc(C(=O)OC)c1. The van der Waals surface area contributed by atoms with Gasteiger partial charge in [0.15, 0.2) is 6.10 Å². The average Bonchev–Trinajstić information content (AvgIpc) is 2.45. The summed E-state index contributed by atoms with van der Waals surface area (Å²) in [5, 5.41) is 19.4. The van der Waals surface area contributed by atoms with Crippen LogP contribution in [0.15, 0.2) is 18.3 Å². The molecule has 0 saturated heterocycles. The second-order valence-corrected chi connectivity index (χ2v) is 3.61. The molecule has 0 fully saturated rings. The molecule has 104 valence electrons. The van der Waals surface area contributed by atoms with E-state index in [9.17, 15) is 19.8 Å². The van der Waals surface area contributed by atoms with E-state index in [1.54, 1.807) is 6.92 Å². The number of aromatic nitrogens is 1. The Bertz CT molecular complexity index is 461. The molecule has 0 aliphatic carbocycles. The molecule has 0 amide bonds. The first-order valence-electron chi connectivity index (χ1n) is 5.58. The minimum absolute atomic E-state index is 0.0323. The van der Waals surface area contributed by atoms with Gasteiger partial charge >= 0.3 is 11.9 Å². The second-order valence-electron chi connectivity index (χ2n) is 3.61. The van der Waals surface area contributed by atoms with Crippen molar-refractivity contribution in [2.75, 3.05) is 13.7 Å². The maximum Gasteiger partial charge on any atom is 0.356 e. The molecule has 0 radical (unpaired) electrons. The van der Waals surface area contributed by atoms with Gasteiger partial charge in [-0.25, -0.2) is 14.6 Å². The van der Waals surface area contributed by atoms with Crippen LogP contribution in [0.5, 0.6) is 0 Å². The van der Waals surface area contributed by atoms with Crippen molar-refractivity contribution in [1.29, 1.82) is 0 Å². The van der Waals surface area contributed by atoms with Crippen LogP contribution in [0.1, 0.15) is 29.1 Å². The molecule has 0 aliphatic heterocycles. The fraction of sp³-hybridized carbons (Fsp3) is 0.417. The minimum atomic E-state index is -1.73. The van der Waals surface area contributed by atoms with Crippen LogP contribution in [-0.4, -0.2) is 47.0 Å². The Morgan fingerprint density at radius 2 is 2.11 bits per heavy atom. The summed E-state index contributed by atoms with van der Waals surface area (Å²) in [5.74, 6) is -1.62. The highest BCUT2D eigenvalue weighted by Crippen LogP contribution is 2.18. The lowest BCUT2D eigenvalue weighted by Gasteiger charge is -2.16. The molecule has 0 aromatic carbocycles. The van der Waals surface area contributed by atoms with E-state index < -0.39 is 24.1 Å². The number of aliphatic hydroxyl groups excluding tert-OH is 2. The molecule has 19 heavy (non-hydrogen) atoms. The van der Waals surface area contributed by atoms with Crippen molar-refractivity contribution in [3.05, 3.63) is 29.6 Å². The van der Waals surface area contributed by atoms with Gasteiger partial charge in [0.25, 0.3) is 0 Å². The van der Waals surface area contributed by atoms with E-state index >= 15 is 0 Å². The van der Waals surface area contributed by atoms with E-state index in [1.165, 1.54) is 25.4 Å². The molecule has 0 saturated carbocycles. The van der Waals surface area contributed by atoms with Gasteiger partial charge in [-0.15, -0.1) is 0 Å². The number of carbonyl (C=O) groups excluding carboxylic acids is 2. The zero-order valence-electron chi connectivity index (χ0n) is 10.6. The van der Waals surface area contributed by atoms with Gasteiger partial charge < -0.3 is 19.7 Å². The van der Waals surface area contributed by atoms with Crippen molar-refractivity contribution in [1.82, 2.24) is 4.98 Å². The Balaban J connectivity index is 2.90. The zero-order valence-corrected chi connectivity index (χ0v) is 10.6. The van der Waals surface area contributed by atoms with Gasteiger partial charge in [0.1, 0.15) is 11.8 Å². The zero-order chi connectivity index (χ0) is 14.4. The van der Waals surface area contributed by atoms with Crippen LogP contribution in [0, 0.1) is 0 Å². The highest BCUT2D eigenvalue weighted by atomic mass is 16.5. The van der Waals surface area contributed by atoms with Gasteiger partial charge in [0, 0.05) is 6.20 Å². The van der Waals surface area contributed by atoms with Crippen LogP contribution in [-0.2, 0) is 14.3 Å². The van der Waals surface area contributed by atoms with Crippen LogP contribution in [0.25, 0.3) is 0 Å². The number of pyridine rings is 1. The molecule has 2 N–H and O–H groups in total. The third-order valence-electron chi connectivity index (χ3n) is 2.35. The molecule has 0 aliphatic rings. The van der Waals surface area contributed by atoms with Crippen molar-refractivity contribution >= 4 is 11.9 Å². The molecule has 1 heterocycles. The second kappa shape index (κ2) is 6.81. The van der Waals surface area contributed by atoms with E-state index in [1.807, 2.05) is 0 Å². The van der Waals surface area contributed by atoms with E-state index in [4.69, 9.17) is 0 Å². The summed E-state index contributed by atoms with van der Waals surface area (Å²) in [6.07, 6.45) is -1.97. The summed E-state index contributed by atoms with van der Waals surface area (Å²) in [6, 6.07) is 2.61. The maximum atomic E-state index is 11.3. The fourth-order valence-electron chi connectivity index (χ4n) is 1.39. The van der Waals surface area contributed by atoms with Crippen LogP contribution in [0.4, 0.5) is 0 Å². The maximum absolute atomic E-state index is 11.3. The van der Waals surface area contributed by atoms with Crippen molar-refractivity contribution in [2.45, 2.75) is 19.1 Å². The molecule has 0 bridgehead atoms. The number of methoxy groups -OCH3 is 1. The van der Waals surface area contributed by atoms with Crippen LogP contribution < -0.4 is 0 Å². The first-order valence-corrected chi connectivity index (χ1v) is 5.58. The van der Waals surface area contributed by atoms with Crippen molar-refractivity contribution in [3.8, 4) is 0 Å². The normalized spacial score (nSPS) is 13.5. The Kier molecular flexibility index (Phi) is 5.40. The predicted octanol–water partition coefficient (Wildman–Crippen LogP) is -0.174. The monoisotopic (exact) mass is 269 g/mol. The van der Waals surface area contributed by atoms with Crippen LogP contribution in [0.2, 0.25) is 0 Å². The molecule has 7 nitrogen and oxygen atoms in total. The summed E-state index contributed by atoms with van der Waals surface area (Å²) in [6.45, 7) is 1.67. The van der Waals surface area contributed by atoms with Gasteiger partial charge in [0.05, 0.1) is 13.7 Å². The molecule has 2 atom stereocenters. The first kappa shape index (κ1) is 15.1. The Labute approximate surface area is 109 Å². The van der Waals surface area contributed by atoms with Gasteiger partial charge in [-0.05, 0) is 24.6 Å².